The average Bonchev–Trinajstić information content (AvgIpc) is 2.43. The van der Waals surface area contributed by atoms with E-state index in [-0.39, 0.29) is 5.91 Å². The van der Waals surface area contributed by atoms with Crippen LogP contribution in [0.5, 0.6) is 0 Å². The van der Waals surface area contributed by atoms with Crippen molar-refractivity contribution in [1.82, 2.24) is 20.2 Å². The van der Waals surface area contributed by atoms with Crippen molar-refractivity contribution in [2.45, 2.75) is 0 Å². The molecule has 0 bridgehead atoms. The van der Waals surface area contributed by atoms with Crippen molar-refractivity contribution in [3.8, 4) is 0 Å². The predicted octanol–water partition coefficient (Wildman–Crippen LogP) is -0.221. The highest BCUT2D eigenvalue weighted by molar-refractivity contribution is 5.81. The summed E-state index contributed by atoms with van der Waals surface area (Å²) in [6.45, 7) is 4.25. The summed E-state index contributed by atoms with van der Waals surface area (Å²) in [4.78, 5) is 20.2. The van der Waals surface area contributed by atoms with Crippen LogP contribution in [0.25, 0.3) is 0 Å². The van der Waals surface area contributed by atoms with E-state index in [1.807, 2.05) is 18.2 Å². The fourth-order valence-corrected chi connectivity index (χ4v) is 1.87. The van der Waals surface area contributed by atoms with Crippen molar-refractivity contribution in [1.29, 1.82) is 0 Å². The number of carbonyl (C=O) groups excluding carboxylic acids is 1. The number of hydrogen-bond acceptors (Lipinski definition) is 5. The molecule has 0 aromatic carbocycles. The SMILES string of the molecule is CN1CCN(CC(=O)N/N=C\c2ccccn2)CC1. The highest BCUT2D eigenvalue weighted by Gasteiger charge is 2.15. The number of amides is 1. The van der Waals surface area contributed by atoms with Crippen LogP contribution in [0.15, 0.2) is 29.5 Å². The molecule has 0 radical (unpaired) electrons. The molecule has 2 rings (SSSR count). The fourth-order valence-electron chi connectivity index (χ4n) is 1.87. The first kappa shape index (κ1) is 13.6. The molecule has 1 saturated heterocycles. The minimum atomic E-state index is -0.0864. The molecule has 0 atom stereocenters. The van der Waals surface area contributed by atoms with Gasteiger partial charge in [0.1, 0.15) is 0 Å². The lowest BCUT2D eigenvalue weighted by molar-refractivity contribution is -0.122. The Morgan fingerprint density at radius 2 is 2.21 bits per heavy atom. The summed E-state index contributed by atoms with van der Waals surface area (Å²) >= 11 is 0. The van der Waals surface area contributed by atoms with Gasteiger partial charge in [0.2, 0.25) is 0 Å². The zero-order chi connectivity index (χ0) is 13.5. The summed E-state index contributed by atoms with van der Waals surface area (Å²) in [5, 5.41) is 3.90. The lowest BCUT2D eigenvalue weighted by atomic mass is 10.3. The van der Waals surface area contributed by atoms with Gasteiger partial charge in [-0.2, -0.15) is 5.10 Å². The third kappa shape index (κ3) is 4.76. The Bertz CT molecular complexity index is 426. The molecule has 1 aromatic heterocycles. The monoisotopic (exact) mass is 261 g/mol. The van der Waals surface area contributed by atoms with Gasteiger partial charge >= 0.3 is 0 Å². The molecule has 102 valence electrons. The molecule has 1 aliphatic rings. The van der Waals surface area contributed by atoms with Gasteiger partial charge in [0, 0.05) is 32.4 Å². The first-order chi connectivity index (χ1) is 9.24. The van der Waals surface area contributed by atoms with Crippen LogP contribution in [0.3, 0.4) is 0 Å². The largest absolute Gasteiger partial charge is 0.304 e. The van der Waals surface area contributed by atoms with E-state index < -0.39 is 0 Å². The first-order valence-corrected chi connectivity index (χ1v) is 6.38. The summed E-state index contributed by atoms with van der Waals surface area (Å²) in [5.74, 6) is -0.0864. The maximum atomic E-state index is 11.7. The summed E-state index contributed by atoms with van der Waals surface area (Å²) in [7, 11) is 2.09. The number of likely N-dealkylation sites (N-methyl/N-ethyl adjacent to an activating group) is 1. The zero-order valence-corrected chi connectivity index (χ0v) is 11.1. The smallest absolute Gasteiger partial charge is 0.254 e. The Balaban J connectivity index is 1.71. The molecular formula is C13H19N5O. The predicted molar refractivity (Wildman–Crippen MR) is 73.9 cm³/mol. The van der Waals surface area contributed by atoms with E-state index >= 15 is 0 Å². The minimum Gasteiger partial charge on any atom is -0.304 e. The van der Waals surface area contributed by atoms with Gasteiger partial charge in [-0.1, -0.05) is 6.07 Å². The second kappa shape index (κ2) is 6.96. The van der Waals surface area contributed by atoms with Gasteiger partial charge in [0.05, 0.1) is 18.5 Å². The van der Waals surface area contributed by atoms with Crippen molar-refractivity contribution in [3.63, 3.8) is 0 Å². The van der Waals surface area contributed by atoms with Crippen molar-refractivity contribution in [2.75, 3.05) is 39.8 Å². The molecular weight excluding hydrogens is 242 g/mol. The molecule has 6 heteroatoms. The van der Waals surface area contributed by atoms with Crippen LogP contribution in [0, 0.1) is 0 Å². The Labute approximate surface area is 113 Å². The van der Waals surface area contributed by atoms with Crippen LogP contribution >= 0.6 is 0 Å². The highest BCUT2D eigenvalue weighted by atomic mass is 16.2. The maximum absolute atomic E-state index is 11.7. The first-order valence-electron chi connectivity index (χ1n) is 6.38. The third-order valence-electron chi connectivity index (χ3n) is 3.04. The molecule has 0 unspecified atom stereocenters. The van der Waals surface area contributed by atoms with Gasteiger partial charge in [-0.05, 0) is 19.2 Å². The normalized spacial score (nSPS) is 17.7. The van der Waals surface area contributed by atoms with Crippen molar-refractivity contribution < 1.29 is 4.79 Å². The van der Waals surface area contributed by atoms with Gasteiger partial charge in [0.15, 0.2) is 0 Å². The fraction of sp³-hybridized carbons (Fsp3) is 0.462. The van der Waals surface area contributed by atoms with Gasteiger partial charge in [0.25, 0.3) is 5.91 Å². The topological polar surface area (TPSA) is 60.8 Å². The molecule has 6 nitrogen and oxygen atoms in total. The van der Waals surface area contributed by atoms with Crippen molar-refractivity contribution >= 4 is 12.1 Å². The molecule has 0 saturated carbocycles. The van der Waals surface area contributed by atoms with E-state index in [2.05, 4.69) is 32.4 Å². The van der Waals surface area contributed by atoms with Gasteiger partial charge in [-0.3, -0.25) is 14.7 Å². The molecule has 1 aliphatic heterocycles. The van der Waals surface area contributed by atoms with Crippen LogP contribution in [0.1, 0.15) is 5.69 Å². The van der Waals surface area contributed by atoms with E-state index in [0.717, 1.165) is 31.9 Å². The number of aromatic nitrogens is 1. The molecule has 1 amide bonds. The van der Waals surface area contributed by atoms with E-state index in [1.165, 1.54) is 0 Å². The van der Waals surface area contributed by atoms with Gasteiger partial charge in [-0.25, -0.2) is 5.43 Å². The summed E-state index contributed by atoms with van der Waals surface area (Å²) in [6.07, 6.45) is 3.23. The van der Waals surface area contributed by atoms with E-state index in [1.54, 1.807) is 12.4 Å². The molecule has 1 N–H and O–H groups in total. The van der Waals surface area contributed by atoms with Gasteiger partial charge < -0.3 is 4.90 Å². The third-order valence-corrected chi connectivity index (χ3v) is 3.04. The number of nitrogens with one attached hydrogen (secondary N) is 1. The number of carbonyl (C=O) groups is 1. The standard InChI is InChI=1S/C13H19N5O/c1-17-6-8-18(9-7-17)11-13(19)16-15-10-12-4-2-3-5-14-12/h2-5,10H,6-9,11H2,1H3,(H,16,19)/b15-10-. The number of nitrogens with zero attached hydrogens (tertiary/aromatic N) is 4. The molecule has 0 spiro atoms. The van der Waals surface area contributed by atoms with E-state index in [9.17, 15) is 4.79 Å². The highest BCUT2D eigenvalue weighted by Crippen LogP contribution is 1.97. The number of rotatable bonds is 4. The number of pyridine rings is 1. The Morgan fingerprint density at radius 3 is 2.89 bits per heavy atom. The van der Waals surface area contributed by atoms with E-state index in [0.29, 0.717) is 6.54 Å². The Morgan fingerprint density at radius 1 is 1.42 bits per heavy atom. The quantitative estimate of drug-likeness (QED) is 0.601. The maximum Gasteiger partial charge on any atom is 0.254 e. The summed E-state index contributed by atoms with van der Waals surface area (Å²) in [6, 6.07) is 5.54. The molecule has 0 aliphatic carbocycles. The van der Waals surface area contributed by atoms with Crippen LogP contribution in [0.4, 0.5) is 0 Å². The van der Waals surface area contributed by atoms with E-state index in [4.69, 9.17) is 0 Å². The number of hydrazone groups is 1. The molecule has 1 aromatic rings. The number of hydrogen-bond donors (Lipinski definition) is 1. The lowest BCUT2D eigenvalue weighted by Crippen LogP contribution is -2.47. The lowest BCUT2D eigenvalue weighted by Gasteiger charge is -2.31. The van der Waals surface area contributed by atoms with Crippen molar-refractivity contribution in [3.05, 3.63) is 30.1 Å². The molecule has 19 heavy (non-hydrogen) atoms. The second-order valence-electron chi connectivity index (χ2n) is 4.63. The zero-order valence-electron chi connectivity index (χ0n) is 11.1. The van der Waals surface area contributed by atoms with Crippen LogP contribution in [-0.2, 0) is 4.79 Å². The van der Waals surface area contributed by atoms with Crippen LogP contribution < -0.4 is 5.43 Å². The van der Waals surface area contributed by atoms with Gasteiger partial charge in [-0.15, -0.1) is 0 Å². The summed E-state index contributed by atoms with van der Waals surface area (Å²) in [5.41, 5.74) is 3.25. The minimum absolute atomic E-state index is 0.0864. The Kier molecular flexibility index (Phi) is 5.00. The Hall–Kier alpha value is -1.79. The summed E-state index contributed by atoms with van der Waals surface area (Å²) < 4.78 is 0. The van der Waals surface area contributed by atoms with Crippen LogP contribution in [0.2, 0.25) is 0 Å². The molecule has 2 heterocycles. The van der Waals surface area contributed by atoms with Crippen LogP contribution in [-0.4, -0.2) is 66.7 Å². The number of piperazine rings is 1. The molecule has 1 fully saturated rings. The average molecular weight is 261 g/mol. The van der Waals surface area contributed by atoms with Crippen molar-refractivity contribution in [2.24, 2.45) is 5.10 Å². The second-order valence-corrected chi connectivity index (χ2v) is 4.63.